The summed E-state index contributed by atoms with van der Waals surface area (Å²) in [6, 6.07) is 5.52. The van der Waals surface area contributed by atoms with Crippen LogP contribution < -0.4 is 0 Å². The van der Waals surface area contributed by atoms with E-state index in [-0.39, 0.29) is 18.0 Å². The average molecular weight is 276 g/mol. The molecule has 0 heterocycles. The van der Waals surface area contributed by atoms with Gasteiger partial charge in [-0.3, -0.25) is 0 Å². The van der Waals surface area contributed by atoms with Crippen LogP contribution in [-0.4, -0.2) is 37.1 Å². The van der Waals surface area contributed by atoms with E-state index in [9.17, 15) is 9.18 Å². The lowest BCUT2D eigenvalue weighted by Crippen LogP contribution is -2.27. The molecule has 0 aliphatic rings. The summed E-state index contributed by atoms with van der Waals surface area (Å²) in [5.41, 5.74) is 0.254. The maximum Gasteiger partial charge on any atom is 0.338 e. The number of hydrogen-bond donors (Lipinski definition) is 0. The number of hydrogen-bond acceptors (Lipinski definition) is 3. The lowest BCUT2D eigenvalue weighted by Gasteiger charge is -2.17. The predicted octanol–water partition coefficient (Wildman–Crippen LogP) is 2.75. The Hall–Kier alpha value is -1.13. The number of esters is 1. The van der Waals surface area contributed by atoms with Gasteiger partial charge in [0.25, 0.3) is 0 Å². The smallest absolute Gasteiger partial charge is 0.338 e. The zero-order valence-electron chi connectivity index (χ0n) is 10.7. The van der Waals surface area contributed by atoms with Crippen molar-refractivity contribution in [3.63, 3.8) is 0 Å². The maximum absolute atomic E-state index is 12.9. The van der Waals surface area contributed by atoms with Gasteiger partial charge in [0.1, 0.15) is 12.4 Å². The van der Waals surface area contributed by atoms with E-state index in [0.717, 1.165) is 13.1 Å². The van der Waals surface area contributed by atoms with E-state index in [1.54, 1.807) is 6.07 Å². The van der Waals surface area contributed by atoms with Crippen LogP contribution >= 0.6 is 12.4 Å². The molecular formula is C13H19ClFNO2. The summed E-state index contributed by atoms with van der Waals surface area (Å²) in [4.78, 5) is 13.7. The largest absolute Gasteiger partial charge is 0.461 e. The van der Waals surface area contributed by atoms with E-state index in [2.05, 4.69) is 18.7 Å². The molecule has 1 aromatic rings. The molecule has 0 aliphatic heterocycles. The number of carbonyl (C=O) groups excluding carboxylic acids is 1. The van der Waals surface area contributed by atoms with E-state index >= 15 is 0 Å². The number of benzene rings is 1. The van der Waals surface area contributed by atoms with E-state index in [1.807, 2.05) is 0 Å². The van der Waals surface area contributed by atoms with Crippen LogP contribution in [0.3, 0.4) is 0 Å². The molecule has 0 saturated carbocycles. The van der Waals surface area contributed by atoms with Crippen molar-refractivity contribution in [1.29, 1.82) is 0 Å². The van der Waals surface area contributed by atoms with Gasteiger partial charge in [-0.15, -0.1) is 12.4 Å². The van der Waals surface area contributed by atoms with Gasteiger partial charge in [0.05, 0.1) is 5.56 Å². The number of likely N-dealkylation sites (N-methyl/N-ethyl adjacent to an activating group) is 1. The minimum Gasteiger partial charge on any atom is -0.461 e. The molecular weight excluding hydrogens is 257 g/mol. The fourth-order valence-corrected chi connectivity index (χ4v) is 1.51. The highest BCUT2D eigenvalue weighted by molar-refractivity contribution is 5.89. The van der Waals surface area contributed by atoms with Crippen LogP contribution in [0.25, 0.3) is 0 Å². The van der Waals surface area contributed by atoms with Crippen molar-refractivity contribution in [2.75, 3.05) is 26.2 Å². The Morgan fingerprint density at radius 1 is 1.33 bits per heavy atom. The molecule has 1 aromatic carbocycles. The first-order chi connectivity index (χ1) is 8.17. The Kier molecular flexibility index (Phi) is 8.33. The van der Waals surface area contributed by atoms with Crippen molar-refractivity contribution in [2.24, 2.45) is 0 Å². The molecule has 1 rings (SSSR count). The number of ether oxygens (including phenoxy) is 1. The van der Waals surface area contributed by atoms with Crippen LogP contribution in [0, 0.1) is 5.82 Å². The molecule has 0 radical (unpaired) electrons. The second kappa shape index (κ2) is 8.89. The van der Waals surface area contributed by atoms with Crippen molar-refractivity contribution in [3.8, 4) is 0 Å². The maximum atomic E-state index is 12.9. The Morgan fingerprint density at radius 2 is 2.00 bits per heavy atom. The molecule has 102 valence electrons. The monoisotopic (exact) mass is 275 g/mol. The quantitative estimate of drug-likeness (QED) is 0.748. The molecule has 0 unspecified atom stereocenters. The predicted molar refractivity (Wildman–Crippen MR) is 71.7 cm³/mol. The van der Waals surface area contributed by atoms with Gasteiger partial charge in [0.2, 0.25) is 0 Å². The molecule has 0 aliphatic carbocycles. The van der Waals surface area contributed by atoms with Gasteiger partial charge in [-0.25, -0.2) is 9.18 Å². The molecule has 0 fully saturated rings. The Morgan fingerprint density at radius 3 is 2.56 bits per heavy atom. The van der Waals surface area contributed by atoms with Crippen LogP contribution in [0.2, 0.25) is 0 Å². The second-order valence-electron chi connectivity index (χ2n) is 3.67. The van der Waals surface area contributed by atoms with Crippen molar-refractivity contribution in [3.05, 3.63) is 35.6 Å². The van der Waals surface area contributed by atoms with Crippen LogP contribution in [0.1, 0.15) is 24.2 Å². The first-order valence-electron chi connectivity index (χ1n) is 5.82. The summed E-state index contributed by atoms with van der Waals surface area (Å²) in [5, 5.41) is 0. The Bertz CT molecular complexity index is 370. The first-order valence-corrected chi connectivity index (χ1v) is 5.82. The third-order valence-corrected chi connectivity index (χ3v) is 2.60. The zero-order chi connectivity index (χ0) is 12.7. The van der Waals surface area contributed by atoms with Crippen LogP contribution in [-0.2, 0) is 4.74 Å². The first kappa shape index (κ1) is 16.9. The number of carbonyl (C=O) groups is 1. The molecule has 0 aromatic heterocycles. The molecule has 0 bridgehead atoms. The highest BCUT2D eigenvalue weighted by atomic mass is 35.5. The summed E-state index contributed by atoms with van der Waals surface area (Å²) >= 11 is 0. The summed E-state index contributed by atoms with van der Waals surface area (Å²) in [6.07, 6.45) is 0. The van der Waals surface area contributed by atoms with Gasteiger partial charge < -0.3 is 9.64 Å². The van der Waals surface area contributed by atoms with Gasteiger partial charge in [-0.1, -0.05) is 19.9 Å². The van der Waals surface area contributed by atoms with Gasteiger partial charge in [0, 0.05) is 6.54 Å². The van der Waals surface area contributed by atoms with E-state index in [1.165, 1.54) is 18.2 Å². The molecule has 5 heteroatoms. The zero-order valence-corrected chi connectivity index (χ0v) is 11.5. The molecule has 0 N–H and O–H groups in total. The fraction of sp³-hybridized carbons (Fsp3) is 0.462. The average Bonchev–Trinajstić information content (AvgIpc) is 2.34. The standard InChI is InChI=1S/C13H18FNO2.ClH/c1-3-15(4-2)8-9-17-13(16)11-6-5-7-12(14)10-11;/h5-7,10H,3-4,8-9H2,1-2H3;1H. The Balaban J connectivity index is 0.00000289. The van der Waals surface area contributed by atoms with Gasteiger partial charge in [-0.05, 0) is 31.3 Å². The van der Waals surface area contributed by atoms with Crippen molar-refractivity contribution in [1.82, 2.24) is 4.90 Å². The highest BCUT2D eigenvalue weighted by Crippen LogP contribution is 2.05. The number of nitrogens with zero attached hydrogens (tertiary/aromatic N) is 1. The molecule has 0 saturated heterocycles. The molecule has 0 spiro atoms. The normalized spacial score (nSPS) is 10.0. The van der Waals surface area contributed by atoms with E-state index < -0.39 is 11.8 Å². The summed E-state index contributed by atoms with van der Waals surface area (Å²) in [6.45, 7) is 6.99. The van der Waals surface area contributed by atoms with Crippen LogP contribution in [0.15, 0.2) is 24.3 Å². The second-order valence-corrected chi connectivity index (χ2v) is 3.67. The third kappa shape index (κ3) is 5.47. The molecule has 0 atom stereocenters. The molecule has 18 heavy (non-hydrogen) atoms. The topological polar surface area (TPSA) is 29.5 Å². The van der Waals surface area contributed by atoms with E-state index in [4.69, 9.17) is 4.74 Å². The Labute approximate surface area is 113 Å². The highest BCUT2D eigenvalue weighted by Gasteiger charge is 2.08. The SMILES string of the molecule is CCN(CC)CCOC(=O)c1cccc(F)c1.Cl. The van der Waals surface area contributed by atoms with Crippen LogP contribution in [0.4, 0.5) is 4.39 Å². The minimum absolute atomic E-state index is 0. The van der Waals surface area contributed by atoms with Crippen molar-refractivity contribution >= 4 is 18.4 Å². The summed E-state index contributed by atoms with van der Waals surface area (Å²) < 4.78 is 17.9. The molecule has 3 nitrogen and oxygen atoms in total. The van der Waals surface area contributed by atoms with Gasteiger partial charge in [0.15, 0.2) is 0 Å². The van der Waals surface area contributed by atoms with E-state index in [0.29, 0.717) is 13.2 Å². The van der Waals surface area contributed by atoms with Gasteiger partial charge in [-0.2, -0.15) is 0 Å². The minimum atomic E-state index is -0.475. The van der Waals surface area contributed by atoms with Crippen molar-refractivity contribution < 1.29 is 13.9 Å². The lowest BCUT2D eigenvalue weighted by molar-refractivity contribution is 0.0466. The summed E-state index contributed by atoms with van der Waals surface area (Å²) in [5.74, 6) is -0.903. The van der Waals surface area contributed by atoms with Crippen molar-refractivity contribution in [2.45, 2.75) is 13.8 Å². The number of rotatable bonds is 6. The third-order valence-electron chi connectivity index (χ3n) is 2.60. The fourth-order valence-electron chi connectivity index (χ4n) is 1.51. The van der Waals surface area contributed by atoms with Crippen LogP contribution in [0.5, 0.6) is 0 Å². The molecule has 0 amide bonds. The number of halogens is 2. The summed E-state index contributed by atoms with van der Waals surface area (Å²) in [7, 11) is 0. The lowest BCUT2D eigenvalue weighted by atomic mass is 10.2. The van der Waals surface area contributed by atoms with Gasteiger partial charge >= 0.3 is 5.97 Å².